The van der Waals surface area contributed by atoms with Crippen molar-refractivity contribution >= 4 is 22.4 Å². The van der Waals surface area contributed by atoms with E-state index in [1.165, 1.54) is 16.3 Å². The van der Waals surface area contributed by atoms with Gasteiger partial charge in [-0.25, -0.2) is 4.79 Å². The summed E-state index contributed by atoms with van der Waals surface area (Å²) in [7, 11) is 0. The summed E-state index contributed by atoms with van der Waals surface area (Å²) in [5.41, 5.74) is 8.47. The Labute approximate surface area is 105 Å². The first-order valence-corrected chi connectivity index (χ1v) is 5.87. The number of benzene rings is 2. The molecule has 18 heavy (non-hydrogen) atoms. The van der Waals surface area contributed by atoms with Gasteiger partial charge in [0.2, 0.25) is 0 Å². The summed E-state index contributed by atoms with van der Waals surface area (Å²) in [6.45, 7) is 0.251. The molecule has 0 atom stereocenters. The number of carbonyl (C=O) groups is 1. The molecule has 3 nitrogen and oxygen atoms in total. The van der Waals surface area contributed by atoms with E-state index in [-0.39, 0.29) is 6.61 Å². The molecule has 0 saturated heterocycles. The van der Waals surface area contributed by atoms with Gasteiger partial charge < -0.3 is 10.5 Å². The molecule has 2 aromatic rings. The predicted molar refractivity (Wildman–Crippen MR) is 71.2 cm³/mol. The van der Waals surface area contributed by atoms with Gasteiger partial charge in [-0.2, -0.15) is 0 Å². The van der Waals surface area contributed by atoms with Crippen molar-refractivity contribution in [3.63, 3.8) is 0 Å². The Morgan fingerprint density at radius 1 is 1.22 bits per heavy atom. The van der Waals surface area contributed by atoms with Gasteiger partial charge in [0.1, 0.15) is 6.61 Å². The van der Waals surface area contributed by atoms with E-state index in [0.717, 1.165) is 17.6 Å². The second-order valence-corrected chi connectivity index (χ2v) is 4.40. The third-order valence-electron chi connectivity index (χ3n) is 3.26. The molecule has 0 aromatic heterocycles. The van der Waals surface area contributed by atoms with Crippen molar-refractivity contribution in [2.75, 3.05) is 6.61 Å². The zero-order chi connectivity index (χ0) is 12.5. The molecule has 0 radical (unpaired) electrons. The minimum absolute atomic E-state index is 0.251. The highest BCUT2D eigenvalue weighted by Gasteiger charge is 2.15. The Balaban J connectivity index is 1.98. The van der Waals surface area contributed by atoms with Gasteiger partial charge in [0.05, 0.1) is 0 Å². The van der Waals surface area contributed by atoms with Crippen LogP contribution in [0, 0.1) is 0 Å². The molecule has 3 rings (SSSR count). The average molecular weight is 239 g/mol. The van der Waals surface area contributed by atoms with Crippen molar-refractivity contribution in [1.29, 1.82) is 0 Å². The van der Waals surface area contributed by atoms with Gasteiger partial charge in [-0.05, 0) is 40.0 Å². The average Bonchev–Trinajstić information content (AvgIpc) is 2.76. The van der Waals surface area contributed by atoms with E-state index in [2.05, 4.69) is 30.3 Å². The Hall–Kier alpha value is -2.29. The number of primary amides is 1. The van der Waals surface area contributed by atoms with Gasteiger partial charge in [-0.3, -0.25) is 0 Å². The quantitative estimate of drug-likeness (QED) is 0.876. The number of hydrogen-bond acceptors (Lipinski definition) is 2. The van der Waals surface area contributed by atoms with Crippen LogP contribution >= 0.6 is 0 Å². The second kappa shape index (κ2) is 4.18. The van der Waals surface area contributed by atoms with E-state index in [1.54, 1.807) is 0 Å². The fraction of sp³-hybridized carbons (Fsp3) is 0.133. The highest BCUT2D eigenvalue weighted by atomic mass is 16.5. The largest absolute Gasteiger partial charge is 0.445 e. The Kier molecular flexibility index (Phi) is 2.52. The third-order valence-corrected chi connectivity index (χ3v) is 3.26. The van der Waals surface area contributed by atoms with E-state index in [9.17, 15) is 4.79 Å². The molecular weight excluding hydrogens is 226 g/mol. The lowest BCUT2D eigenvalue weighted by Gasteiger charge is -2.08. The Bertz CT molecular complexity index is 659. The zero-order valence-electron chi connectivity index (χ0n) is 9.85. The van der Waals surface area contributed by atoms with Gasteiger partial charge >= 0.3 is 6.09 Å². The number of allylic oxidation sites excluding steroid dienone is 1. The first-order chi connectivity index (χ1) is 8.74. The smallest absolute Gasteiger partial charge is 0.404 e. The molecule has 0 unspecified atom stereocenters. The monoisotopic (exact) mass is 239 g/mol. The summed E-state index contributed by atoms with van der Waals surface area (Å²) < 4.78 is 4.87. The van der Waals surface area contributed by atoms with E-state index in [0.29, 0.717) is 0 Å². The number of fused-ring (bicyclic) bond motifs is 2. The van der Waals surface area contributed by atoms with Crippen molar-refractivity contribution in [2.45, 2.75) is 6.42 Å². The lowest BCUT2D eigenvalue weighted by atomic mass is 10.00. The zero-order valence-corrected chi connectivity index (χ0v) is 9.85. The summed E-state index contributed by atoms with van der Waals surface area (Å²) in [4.78, 5) is 10.7. The molecular formula is C15H13NO2. The van der Waals surface area contributed by atoms with Crippen LogP contribution in [0.1, 0.15) is 11.1 Å². The second-order valence-electron chi connectivity index (χ2n) is 4.40. The predicted octanol–water partition coefficient (Wildman–Crippen LogP) is 2.87. The minimum atomic E-state index is -0.731. The molecule has 2 N–H and O–H groups in total. The van der Waals surface area contributed by atoms with Crippen molar-refractivity contribution in [1.82, 2.24) is 0 Å². The number of rotatable bonds is 2. The minimum Gasteiger partial charge on any atom is -0.445 e. The van der Waals surface area contributed by atoms with Crippen LogP contribution in [-0.2, 0) is 11.2 Å². The first kappa shape index (κ1) is 10.8. The van der Waals surface area contributed by atoms with Gasteiger partial charge in [0.25, 0.3) is 0 Å². The summed E-state index contributed by atoms with van der Waals surface area (Å²) in [5.74, 6) is 0. The molecule has 90 valence electrons. The Morgan fingerprint density at radius 2 is 1.94 bits per heavy atom. The molecule has 1 aliphatic rings. The lowest BCUT2D eigenvalue weighted by Crippen LogP contribution is -2.14. The van der Waals surface area contributed by atoms with Crippen LogP contribution in [0.4, 0.5) is 4.79 Å². The molecule has 3 heteroatoms. The van der Waals surface area contributed by atoms with Crippen LogP contribution in [0.5, 0.6) is 0 Å². The van der Waals surface area contributed by atoms with E-state index >= 15 is 0 Å². The van der Waals surface area contributed by atoms with Crippen LogP contribution in [0.2, 0.25) is 0 Å². The Morgan fingerprint density at radius 3 is 2.67 bits per heavy atom. The van der Waals surface area contributed by atoms with Crippen LogP contribution < -0.4 is 5.73 Å². The number of hydrogen-bond donors (Lipinski definition) is 1. The molecule has 0 heterocycles. The topological polar surface area (TPSA) is 52.3 Å². The van der Waals surface area contributed by atoms with Crippen LogP contribution in [0.3, 0.4) is 0 Å². The standard InChI is InChI=1S/C15H13NO2/c16-15(17)18-9-13-6-5-12-7-10-3-1-2-4-11(10)8-14(12)13/h1-4,6-8H,5,9H2,(H2,16,17). The van der Waals surface area contributed by atoms with Crippen LogP contribution in [0.15, 0.2) is 42.5 Å². The van der Waals surface area contributed by atoms with Crippen molar-refractivity contribution in [2.24, 2.45) is 5.73 Å². The van der Waals surface area contributed by atoms with E-state index in [1.807, 2.05) is 12.1 Å². The van der Waals surface area contributed by atoms with Gasteiger partial charge in [-0.15, -0.1) is 0 Å². The summed E-state index contributed by atoms with van der Waals surface area (Å²) in [5, 5.41) is 2.44. The maximum absolute atomic E-state index is 10.7. The molecule has 0 spiro atoms. The van der Waals surface area contributed by atoms with Crippen molar-refractivity contribution < 1.29 is 9.53 Å². The molecule has 0 saturated carbocycles. The molecule has 1 aliphatic carbocycles. The normalized spacial score (nSPS) is 13.2. The van der Waals surface area contributed by atoms with Crippen LogP contribution in [0.25, 0.3) is 16.3 Å². The highest BCUT2D eigenvalue weighted by molar-refractivity contribution is 5.89. The SMILES string of the molecule is NC(=O)OCC1=CCc2cc3ccccc3cc21. The van der Waals surface area contributed by atoms with Crippen molar-refractivity contribution in [3.8, 4) is 0 Å². The molecule has 0 aliphatic heterocycles. The highest BCUT2D eigenvalue weighted by Crippen LogP contribution is 2.31. The van der Waals surface area contributed by atoms with Gasteiger partial charge in [-0.1, -0.05) is 36.4 Å². The van der Waals surface area contributed by atoms with Crippen molar-refractivity contribution in [3.05, 3.63) is 53.6 Å². The summed E-state index contributed by atoms with van der Waals surface area (Å²) in [6, 6.07) is 12.6. The maximum Gasteiger partial charge on any atom is 0.404 e. The fourth-order valence-electron chi connectivity index (χ4n) is 2.38. The van der Waals surface area contributed by atoms with E-state index in [4.69, 9.17) is 10.5 Å². The maximum atomic E-state index is 10.7. The number of carbonyl (C=O) groups excluding carboxylic acids is 1. The number of amides is 1. The van der Waals surface area contributed by atoms with Gasteiger partial charge in [0, 0.05) is 0 Å². The van der Waals surface area contributed by atoms with E-state index < -0.39 is 6.09 Å². The molecule has 0 bridgehead atoms. The molecule has 1 amide bonds. The molecule has 0 fully saturated rings. The van der Waals surface area contributed by atoms with Gasteiger partial charge in [0.15, 0.2) is 0 Å². The summed E-state index contributed by atoms with van der Waals surface area (Å²) in [6.07, 6.45) is 2.24. The number of ether oxygens (including phenoxy) is 1. The first-order valence-electron chi connectivity index (χ1n) is 5.87. The lowest BCUT2D eigenvalue weighted by molar-refractivity contribution is 0.171. The van der Waals surface area contributed by atoms with Crippen LogP contribution in [-0.4, -0.2) is 12.7 Å². The third kappa shape index (κ3) is 1.84. The molecule has 2 aromatic carbocycles. The summed E-state index contributed by atoms with van der Waals surface area (Å²) >= 11 is 0. The fourth-order valence-corrected chi connectivity index (χ4v) is 2.38. The number of nitrogens with two attached hydrogens (primary N) is 1.